The van der Waals surface area contributed by atoms with E-state index in [0.717, 1.165) is 18.3 Å². The van der Waals surface area contributed by atoms with E-state index in [0.29, 0.717) is 11.3 Å². The molecule has 0 radical (unpaired) electrons. The molecule has 0 saturated heterocycles. The molecule has 1 N–H and O–H groups in total. The highest BCUT2D eigenvalue weighted by atomic mass is 16.3. The molecule has 3 aliphatic rings. The minimum atomic E-state index is -0.347. The molecule has 1 heteroatoms. The van der Waals surface area contributed by atoms with Crippen molar-refractivity contribution in [2.45, 2.75) is 64.4 Å². The lowest BCUT2D eigenvalue weighted by Gasteiger charge is -2.60. The summed E-state index contributed by atoms with van der Waals surface area (Å²) in [6.07, 6.45) is 9.41. The van der Waals surface area contributed by atoms with E-state index in [2.05, 4.69) is 13.8 Å². The Hall–Kier alpha value is -0.0400. The summed E-state index contributed by atoms with van der Waals surface area (Å²) >= 11 is 0. The van der Waals surface area contributed by atoms with Gasteiger partial charge in [0.2, 0.25) is 0 Å². The van der Waals surface area contributed by atoms with Gasteiger partial charge in [-0.1, -0.05) is 26.2 Å². The molecule has 3 saturated carbocycles. The van der Waals surface area contributed by atoms with Crippen molar-refractivity contribution < 1.29 is 5.11 Å². The first kappa shape index (κ1) is 10.1. The van der Waals surface area contributed by atoms with Crippen molar-refractivity contribution in [1.82, 2.24) is 0 Å². The van der Waals surface area contributed by atoms with Crippen molar-refractivity contribution in [1.29, 1.82) is 0 Å². The second-order valence-corrected chi connectivity index (χ2v) is 6.75. The maximum atomic E-state index is 10.5. The Kier molecular flexibility index (Phi) is 2.03. The van der Waals surface area contributed by atoms with Gasteiger partial charge < -0.3 is 5.11 Å². The van der Waals surface area contributed by atoms with Gasteiger partial charge in [0.1, 0.15) is 0 Å². The topological polar surface area (TPSA) is 20.2 Å². The number of hydrogen-bond acceptors (Lipinski definition) is 1. The molecule has 5 atom stereocenters. The Morgan fingerprint density at radius 1 is 1.00 bits per heavy atom. The summed E-state index contributed by atoms with van der Waals surface area (Å²) in [6.45, 7) is 4.54. The van der Waals surface area contributed by atoms with Crippen LogP contribution in [0.2, 0.25) is 0 Å². The van der Waals surface area contributed by atoms with Crippen LogP contribution < -0.4 is 0 Å². The molecule has 0 aromatic heterocycles. The van der Waals surface area contributed by atoms with E-state index in [1.165, 1.54) is 38.5 Å². The number of rotatable bonds is 0. The molecule has 0 bridgehead atoms. The lowest BCUT2D eigenvalue weighted by Crippen LogP contribution is -2.58. The van der Waals surface area contributed by atoms with Crippen LogP contribution in [0.25, 0.3) is 0 Å². The molecular weight excluding hydrogens is 184 g/mol. The van der Waals surface area contributed by atoms with Crippen molar-refractivity contribution in [3.05, 3.63) is 0 Å². The smallest absolute Gasteiger partial charge is 0.0656 e. The largest absolute Gasteiger partial charge is 0.390 e. The van der Waals surface area contributed by atoms with Gasteiger partial charge in [-0.05, 0) is 55.8 Å². The van der Waals surface area contributed by atoms with Gasteiger partial charge in [-0.3, -0.25) is 0 Å². The normalized spacial score (nSPS) is 59.0. The predicted octanol–water partition coefficient (Wildman–Crippen LogP) is 3.36. The van der Waals surface area contributed by atoms with Crippen LogP contribution in [0, 0.1) is 23.2 Å². The third kappa shape index (κ3) is 1.19. The molecule has 86 valence electrons. The summed E-state index contributed by atoms with van der Waals surface area (Å²) in [5, 5.41) is 10.5. The molecule has 3 fully saturated rings. The van der Waals surface area contributed by atoms with Crippen molar-refractivity contribution in [3.8, 4) is 0 Å². The van der Waals surface area contributed by atoms with Gasteiger partial charge in [-0.25, -0.2) is 0 Å². The quantitative estimate of drug-likeness (QED) is 0.647. The summed E-state index contributed by atoms with van der Waals surface area (Å²) in [5.74, 6) is 2.42. The highest BCUT2D eigenvalue weighted by Crippen LogP contribution is 2.70. The highest BCUT2D eigenvalue weighted by molar-refractivity contribution is 5.16. The first-order valence-electron chi connectivity index (χ1n) is 6.78. The van der Waals surface area contributed by atoms with Crippen LogP contribution in [0.4, 0.5) is 0 Å². The van der Waals surface area contributed by atoms with Gasteiger partial charge in [0.05, 0.1) is 5.60 Å². The van der Waals surface area contributed by atoms with Crippen LogP contribution in [0.15, 0.2) is 0 Å². The molecule has 3 aliphatic carbocycles. The molecular formula is C14H24O. The molecule has 3 rings (SSSR count). The van der Waals surface area contributed by atoms with Crippen molar-refractivity contribution in [3.63, 3.8) is 0 Å². The Morgan fingerprint density at radius 2 is 1.73 bits per heavy atom. The van der Waals surface area contributed by atoms with Gasteiger partial charge in [0.25, 0.3) is 0 Å². The highest BCUT2D eigenvalue weighted by Gasteiger charge is 2.66. The Morgan fingerprint density at radius 3 is 2.53 bits per heavy atom. The van der Waals surface area contributed by atoms with E-state index >= 15 is 0 Å². The standard InChI is InChI=1S/C14H24O/c1-13-8-9-14(2,15)12(13)10-6-4-3-5-7-11(10)13/h10-12,15H,3-9H2,1-2H3. The fourth-order valence-electron chi connectivity index (χ4n) is 5.35. The molecule has 5 unspecified atom stereocenters. The summed E-state index contributed by atoms with van der Waals surface area (Å²) < 4.78 is 0. The molecule has 0 aromatic carbocycles. The van der Waals surface area contributed by atoms with Gasteiger partial charge in [0, 0.05) is 0 Å². The maximum absolute atomic E-state index is 10.5. The predicted molar refractivity (Wildman–Crippen MR) is 61.5 cm³/mol. The van der Waals surface area contributed by atoms with Crippen LogP contribution in [-0.2, 0) is 0 Å². The SMILES string of the molecule is CC1(O)CCC2(C)C3CCCCCC3C12. The second kappa shape index (κ2) is 3.00. The summed E-state index contributed by atoms with van der Waals surface area (Å²) in [5.41, 5.74) is 0.152. The first-order chi connectivity index (χ1) is 7.06. The van der Waals surface area contributed by atoms with Gasteiger partial charge in [-0.15, -0.1) is 0 Å². The number of hydrogen-bond donors (Lipinski definition) is 1. The molecule has 15 heavy (non-hydrogen) atoms. The number of aliphatic hydroxyl groups is 1. The summed E-state index contributed by atoms with van der Waals surface area (Å²) in [6, 6.07) is 0. The third-order valence-corrected chi connectivity index (χ3v) is 5.89. The molecule has 0 aromatic rings. The molecule has 0 aliphatic heterocycles. The molecule has 1 nitrogen and oxygen atoms in total. The van der Waals surface area contributed by atoms with Crippen LogP contribution in [0.3, 0.4) is 0 Å². The van der Waals surface area contributed by atoms with Gasteiger partial charge >= 0.3 is 0 Å². The first-order valence-corrected chi connectivity index (χ1v) is 6.78. The lowest BCUT2D eigenvalue weighted by molar-refractivity contribution is -0.161. The summed E-state index contributed by atoms with van der Waals surface area (Å²) in [4.78, 5) is 0. The average Bonchev–Trinajstić information content (AvgIpc) is 2.36. The van der Waals surface area contributed by atoms with E-state index < -0.39 is 0 Å². The zero-order valence-corrected chi connectivity index (χ0v) is 10.1. The van der Waals surface area contributed by atoms with E-state index in [1.54, 1.807) is 0 Å². The van der Waals surface area contributed by atoms with Crippen LogP contribution >= 0.6 is 0 Å². The summed E-state index contributed by atoms with van der Waals surface area (Å²) in [7, 11) is 0. The Balaban J connectivity index is 1.89. The minimum Gasteiger partial charge on any atom is -0.390 e. The van der Waals surface area contributed by atoms with Gasteiger partial charge in [-0.2, -0.15) is 0 Å². The Labute approximate surface area is 93.3 Å². The third-order valence-electron chi connectivity index (χ3n) is 5.89. The lowest BCUT2D eigenvalue weighted by atomic mass is 9.45. The van der Waals surface area contributed by atoms with Crippen LogP contribution in [0.1, 0.15) is 58.8 Å². The van der Waals surface area contributed by atoms with E-state index in [9.17, 15) is 5.11 Å². The fourth-order valence-corrected chi connectivity index (χ4v) is 5.35. The van der Waals surface area contributed by atoms with Crippen molar-refractivity contribution in [2.24, 2.45) is 23.2 Å². The van der Waals surface area contributed by atoms with Crippen LogP contribution in [0.5, 0.6) is 0 Å². The molecule has 0 amide bonds. The van der Waals surface area contributed by atoms with Crippen molar-refractivity contribution >= 4 is 0 Å². The average molecular weight is 208 g/mol. The fraction of sp³-hybridized carbons (Fsp3) is 1.00. The second-order valence-electron chi connectivity index (χ2n) is 6.75. The zero-order chi connectivity index (χ0) is 10.7. The number of fused-ring (bicyclic) bond motifs is 4. The maximum Gasteiger partial charge on any atom is 0.0656 e. The zero-order valence-electron chi connectivity index (χ0n) is 10.1. The van der Waals surface area contributed by atoms with E-state index in [1.807, 2.05) is 0 Å². The molecule has 0 heterocycles. The Bertz CT molecular complexity index is 271. The van der Waals surface area contributed by atoms with E-state index in [-0.39, 0.29) is 5.60 Å². The minimum absolute atomic E-state index is 0.347. The van der Waals surface area contributed by atoms with E-state index in [4.69, 9.17) is 0 Å². The van der Waals surface area contributed by atoms with Gasteiger partial charge in [0.15, 0.2) is 0 Å². The van der Waals surface area contributed by atoms with Crippen LogP contribution in [-0.4, -0.2) is 10.7 Å². The monoisotopic (exact) mass is 208 g/mol. The van der Waals surface area contributed by atoms with Crippen molar-refractivity contribution in [2.75, 3.05) is 0 Å². The molecule has 0 spiro atoms.